The first kappa shape index (κ1) is 15.9. The van der Waals surface area contributed by atoms with Gasteiger partial charge in [0.05, 0.1) is 0 Å². The summed E-state index contributed by atoms with van der Waals surface area (Å²) in [6, 6.07) is 2.31. The van der Waals surface area contributed by atoms with E-state index in [0.29, 0.717) is 18.4 Å². The van der Waals surface area contributed by atoms with E-state index < -0.39 is 0 Å². The fourth-order valence-corrected chi connectivity index (χ4v) is 3.19. The molecule has 1 amide bonds. The second kappa shape index (κ2) is 6.62. The summed E-state index contributed by atoms with van der Waals surface area (Å²) in [6.45, 7) is 8.89. The highest BCUT2D eigenvalue weighted by molar-refractivity contribution is 5.90. The first-order valence-corrected chi connectivity index (χ1v) is 8.31. The molecule has 1 aliphatic rings. The molecule has 0 unspecified atom stereocenters. The molecule has 1 aliphatic heterocycles. The van der Waals surface area contributed by atoms with Gasteiger partial charge >= 0.3 is 0 Å². The molecule has 7 heteroatoms. The molecule has 0 aliphatic carbocycles. The van der Waals surface area contributed by atoms with Crippen LogP contribution in [0.15, 0.2) is 6.07 Å². The van der Waals surface area contributed by atoms with Crippen molar-refractivity contribution >= 4 is 11.7 Å². The summed E-state index contributed by atoms with van der Waals surface area (Å²) >= 11 is 0. The van der Waals surface area contributed by atoms with Gasteiger partial charge < -0.3 is 5.32 Å². The second-order valence-electron chi connectivity index (χ2n) is 6.20. The van der Waals surface area contributed by atoms with Crippen molar-refractivity contribution in [2.24, 2.45) is 0 Å². The van der Waals surface area contributed by atoms with Crippen molar-refractivity contribution in [2.45, 2.75) is 46.1 Å². The van der Waals surface area contributed by atoms with Gasteiger partial charge in [-0.3, -0.25) is 9.69 Å². The van der Waals surface area contributed by atoms with E-state index in [2.05, 4.69) is 32.2 Å². The lowest BCUT2D eigenvalue weighted by Crippen LogP contribution is -2.42. The molecule has 3 rings (SSSR count). The number of aryl methyl sites for hydroxylation is 2. The molecule has 23 heavy (non-hydrogen) atoms. The summed E-state index contributed by atoms with van der Waals surface area (Å²) in [5.74, 6) is 0.423. The Morgan fingerprint density at radius 2 is 2.04 bits per heavy atom. The van der Waals surface area contributed by atoms with Crippen molar-refractivity contribution in [3.63, 3.8) is 0 Å². The third kappa shape index (κ3) is 3.34. The Kier molecular flexibility index (Phi) is 4.56. The quantitative estimate of drug-likeness (QED) is 0.901. The molecule has 1 atom stereocenters. The van der Waals surface area contributed by atoms with Crippen LogP contribution in [0.25, 0.3) is 5.78 Å². The number of carbonyl (C=O) groups is 1. The molecule has 3 heterocycles. The van der Waals surface area contributed by atoms with Crippen molar-refractivity contribution in [1.29, 1.82) is 0 Å². The standard InChI is InChI=1S/C16H24N6O/c1-4-13(21-7-5-6-8-21)10-17-15(23)14-19-16-18-11(2)9-12(3)22(16)20-14/h9,13H,4-8,10H2,1-3H3,(H,17,23)/t13-/m0/s1. The smallest absolute Gasteiger partial charge is 0.291 e. The second-order valence-corrected chi connectivity index (χ2v) is 6.20. The largest absolute Gasteiger partial charge is 0.348 e. The fraction of sp³-hybridized carbons (Fsp3) is 0.625. The van der Waals surface area contributed by atoms with E-state index in [9.17, 15) is 4.79 Å². The third-order valence-corrected chi connectivity index (χ3v) is 4.45. The van der Waals surface area contributed by atoms with Crippen molar-refractivity contribution in [3.8, 4) is 0 Å². The van der Waals surface area contributed by atoms with E-state index >= 15 is 0 Å². The van der Waals surface area contributed by atoms with E-state index in [-0.39, 0.29) is 11.7 Å². The molecule has 1 N–H and O–H groups in total. The number of fused-ring (bicyclic) bond motifs is 1. The first-order chi connectivity index (χ1) is 11.1. The minimum Gasteiger partial charge on any atom is -0.348 e. The highest BCUT2D eigenvalue weighted by Gasteiger charge is 2.22. The van der Waals surface area contributed by atoms with E-state index in [0.717, 1.165) is 30.9 Å². The van der Waals surface area contributed by atoms with Gasteiger partial charge in [-0.1, -0.05) is 6.92 Å². The SMILES string of the molecule is CC[C@@H](CNC(=O)c1nc2nc(C)cc(C)n2n1)N1CCCC1. The summed E-state index contributed by atoms with van der Waals surface area (Å²) in [4.78, 5) is 23.4. The minimum atomic E-state index is -0.231. The van der Waals surface area contributed by atoms with Gasteiger partial charge in [-0.05, 0) is 52.3 Å². The number of carbonyl (C=O) groups excluding carboxylic acids is 1. The molecule has 1 fully saturated rings. The molecule has 2 aromatic rings. The lowest BCUT2D eigenvalue weighted by molar-refractivity contribution is 0.0927. The Morgan fingerprint density at radius 3 is 2.74 bits per heavy atom. The molecule has 0 radical (unpaired) electrons. The molecule has 0 bridgehead atoms. The summed E-state index contributed by atoms with van der Waals surface area (Å²) in [7, 11) is 0. The van der Waals surface area contributed by atoms with Gasteiger partial charge in [-0.25, -0.2) is 9.50 Å². The molecular formula is C16H24N6O. The number of nitrogens with one attached hydrogen (secondary N) is 1. The van der Waals surface area contributed by atoms with Crippen LogP contribution < -0.4 is 5.32 Å². The van der Waals surface area contributed by atoms with E-state index in [1.165, 1.54) is 12.8 Å². The van der Waals surface area contributed by atoms with Crippen LogP contribution >= 0.6 is 0 Å². The lowest BCUT2D eigenvalue weighted by Gasteiger charge is -2.26. The average Bonchev–Trinajstić information content (AvgIpc) is 3.17. The number of aromatic nitrogens is 4. The minimum absolute atomic E-state index is 0.183. The van der Waals surface area contributed by atoms with Crippen LogP contribution in [0.1, 0.15) is 48.2 Å². The number of rotatable bonds is 5. The fourth-order valence-electron chi connectivity index (χ4n) is 3.19. The zero-order valence-corrected chi connectivity index (χ0v) is 14.0. The maximum atomic E-state index is 12.4. The lowest BCUT2D eigenvalue weighted by atomic mass is 10.2. The van der Waals surface area contributed by atoms with Crippen LogP contribution in [0.2, 0.25) is 0 Å². The van der Waals surface area contributed by atoms with Crippen LogP contribution in [-0.4, -0.2) is 56.1 Å². The van der Waals surface area contributed by atoms with Crippen molar-refractivity contribution in [2.75, 3.05) is 19.6 Å². The number of likely N-dealkylation sites (tertiary alicyclic amines) is 1. The first-order valence-electron chi connectivity index (χ1n) is 8.31. The van der Waals surface area contributed by atoms with Gasteiger partial charge in [0.15, 0.2) is 0 Å². The van der Waals surface area contributed by atoms with E-state index in [1.54, 1.807) is 4.52 Å². The summed E-state index contributed by atoms with van der Waals surface area (Å²) in [5, 5.41) is 7.25. The molecule has 2 aromatic heterocycles. The van der Waals surface area contributed by atoms with E-state index in [4.69, 9.17) is 0 Å². The Morgan fingerprint density at radius 1 is 1.30 bits per heavy atom. The Bertz CT molecular complexity index is 704. The Balaban J connectivity index is 1.69. The van der Waals surface area contributed by atoms with Gasteiger partial charge in [0.1, 0.15) is 0 Å². The van der Waals surface area contributed by atoms with Crippen LogP contribution in [0.5, 0.6) is 0 Å². The molecule has 0 spiro atoms. The predicted molar refractivity (Wildman–Crippen MR) is 87.5 cm³/mol. The summed E-state index contributed by atoms with van der Waals surface area (Å²) < 4.78 is 1.61. The molecular weight excluding hydrogens is 292 g/mol. The highest BCUT2D eigenvalue weighted by atomic mass is 16.2. The van der Waals surface area contributed by atoms with Gasteiger partial charge in [0.2, 0.25) is 5.82 Å². The highest BCUT2D eigenvalue weighted by Crippen LogP contribution is 2.13. The monoisotopic (exact) mass is 316 g/mol. The van der Waals surface area contributed by atoms with E-state index in [1.807, 2.05) is 19.9 Å². The topological polar surface area (TPSA) is 75.4 Å². The maximum Gasteiger partial charge on any atom is 0.291 e. The summed E-state index contributed by atoms with van der Waals surface area (Å²) in [6.07, 6.45) is 3.53. The van der Waals surface area contributed by atoms with Crippen LogP contribution in [0.3, 0.4) is 0 Å². The predicted octanol–water partition coefficient (Wildman–Crippen LogP) is 1.35. The number of nitrogens with zero attached hydrogens (tertiary/aromatic N) is 5. The number of hydrogen-bond donors (Lipinski definition) is 1. The van der Waals surface area contributed by atoms with Crippen molar-refractivity contribution < 1.29 is 4.79 Å². The van der Waals surface area contributed by atoms with Crippen molar-refractivity contribution in [1.82, 2.24) is 29.8 Å². The third-order valence-electron chi connectivity index (χ3n) is 4.45. The average molecular weight is 316 g/mol. The van der Waals surface area contributed by atoms with Crippen LogP contribution in [-0.2, 0) is 0 Å². The van der Waals surface area contributed by atoms with Gasteiger partial charge in [0.25, 0.3) is 11.7 Å². The zero-order valence-electron chi connectivity index (χ0n) is 14.0. The molecule has 0 saturated carbocycles. The molecule has 7 nitrogen and oxygen atoms in total. The molecule has 0 aromatic carbocycles. The van der Waals surface area contributed by atoms with Crippen molar-refractivity contribution in [3.05, 3.63) is 23.3 Å². The van der Waals surface area contributed by atoms with Crippen LogP contribution in [0.4, 0.5) is 0 Å². The molecule has 1 saturated heterocycles. The normalized spacial score (nSPS) is 16.8. The zero-order chi connectivity index (χ0) is 16.4. The maximum absolute atomic E-state index is 12.4. The van der Waals surface area contributed by atoms with Crippen LogP contribution in [0, 0.1) is 13.8 Å². The Labute approximate surface area is 136 Å². The molecule has 124 valence electrons. The number of amides is 1. The number of hydrogen-bond acceptors (Lipinski definition) is 5. The van der Waals surface area contributed by atoms with Gasteiger partial charge in [0, 0.05) is 24.0 Å². The van der Waals surface area contributed by atoms with Gasteiger partial charge in [-0.15, -0.1) is 5.10 Å². The Hall–Kier alpha value is -2.02. The summed E-state index contributed by atoms with van der Waals surface area (Å²) in [5.41, 5.74) is 1.79. The van der Waals surface area contributed by atoms with Gasteiger partial charge in [-0.2, -0.15) is 4.98 Å².